The number of carbonyl (C=O) groups excluding carboxylic acids is 2. The van der Waals surface area contributed by atoms with Crippen molar-refractivity contribution in [3.05, 3.63) is 34.4 Å². The van der Waals surface area contributed by atoms with Crippen molar-refractivity contribution < 1.29 is 24.0 Å². The average Bonchev–Trinajstić information content (AvgIpc) is 2.55. The number of esters is 1. The highest BCUT2D eigenvalue weighted by Crippen LogP contribution is 2.23. The van der Waals surface area contributed by atoms with Crippen molar-refractivity contribution in [3.8, 4) is 0 Å². The number of carbonyl (C=O) groups is 2. The van der Waals surface area contributed by atoms with Gasteiger partial charge in [0.2, 0.25) is 0 Å². The van der Waals surface area contributed by atoms with Gasteiger partial charge in [-0.05, 0) is 39.7 Å². The molecule has 0 heterocycles. The summed E-state index contributed by atoms with van der Waals surface area (Å²) in [7, 11) is 1.23. The Morgan fingerprint density at radius 2 is 1.92 bits per heavy atom. The molecule has 0 aromatic heterocycles. The van der Waals surface area contributed by atoms with E-state index in [1.807, 2.05) is 0 Å². The molecule has 0 bridgehead atoms. The van der Waals surface area contributed by atoms with Crippen LogP contribution in [0.1, 0.15) is 33.6 Å². The second kappa shape index (κ2) is 9.59. The van der Waals surface area contributed by atoms with Gasteiger partial charge in [0.25, 0.3) is 5.69 Å². The van der Waals surface area contributed by atoms with Gasteiger partial charge in [0.05, 0.1) is 12.0 Å². The Morgan fingerprint density at radius 3 is 2.50 bits per heavy atom. The number of para-hydroxylation sites is 2. The molecule has 0 spiro atoms. The summed E-state index contributed by atoms with van der Waals surface area (Å²) in [5.41, 5.74) is -0.311. The first-order valence-corrected chi connectivity index (χ1v) is 8.18. The van der Waals surface area contributed by atoms with Crippen LogP contribution in [0.25, 0.3) is 0 Å². The summed E-state index contributed by atoms with van der Waals surface area (Å²) >= 11 is 0. The van der Waals surface area contributed by atoms with E-state index < -0.39 is 28.6 Å². The summed E-state index contributed by atoms with van der Waals surface area (Å²) in [5.74, 6) is -0.582. The van der Waals surface area contributed by atoms with E-state index in [0.717, 1.165) is 0 Å². The third kappa shape index (κ3) is 7.37. The summed E-state index contributed by atoms with van der Waals surface area (Å²) in [6.45, 7) is 5.54. The highest BCUT2D eigenvalue weighted by Gasteiger charge is 2.24. The first-order chi connectivity index (χ1) is 12.1. The van der Waals surface area contributed by atoms with Gasteiger partial charge in [0.1, 0.15) is 17.3 Å². The number of ether oxygens (including phenoxy) is 2. The summed E-state index contributed by atoms with van der Waals surface area (Å²) < 4.78 is 9.82. The lowest BCUT2D eigenvalue weighted by Crippen LogP contribution is -2.44. The van der Waals surface area contributed by atoms with Crippen LogP contribution in [0.15, 0.2) is 24.3 Å². The predicted molar refractivity (Wildman–Crippen MR) is 96.0 cm³/mol. The number of nitro groups is 1. The monoisotopic (exact) mass is 367 g/mol. The Balaban J connectivity index is 2.56. The van der Waals surface area contributed by atoms with Crippen LogP contribution >= 0.6 is 0 Å². The topological polar surface area (TPSA) is 120 Å². The second-order valence-electron chi connectivity index (χ2n) is 6.57. The van der Waals surface area contributed by atoms with E-state index in [4.69, 9.17) is 9.47 Å². The molecule has 2 N–H and O–H groups in total. The predicted octanol–water partition coefficient (Wildman–Crippen LogP) is 2.85. The summed E-state index contributed by atoms with van der Waals surface area (Å²) in [6, 6.07) is 5.43. The third-order valence-electron chi connectivity index (χ3n) is 3.26. The molecule has 0 fully saturated rings. The molecule has 1 rings (SSSR count). The minimum atomic E-state index is -0.859. The zero-order chi connectivity index (χ0) is 19.7. The number of hydrogen-bond acceptors (Lipinski definition) is 7. The molecule has 0 aliphatic carbocycles. The van der Waals surface area contributed by atoms with Crippen LogP contribution in [0.5, 0.6) is 0 Å². The van der Waals surface area contributed by atoms with Gasteiger partial charge >= 0.3 is 12.1 Å². The van der Waals surface area contributed by atoms with E-state index in [1.54, 1.807) is 39.0 Å². The molecule has 1 amide bonds. The Hall–Kier alpha value is -2.84. The number of methoxy groups -OCH3 is 1. The SMILES string of the molecule is COC(=O)[C@H](CCCNc1ccccc1[N+](=O)[O-])NC(=O)OC(C)(C)C. The van der Waals surface area contributed by atoms with E-state index in [9.17, 15) is 19.7 Å². The average molecular weight is 367 g/mol. The van der Waals surface area contributed by atoms with Crippen LogP contribution in [0.3, 0.4) is 0 Å². The molecule has 9 heteroatoms. The van der Waals surface area contributed by atoms with Gasteiger partial charge in [-0.3, -0.25) is 10.1 Å². The van der Waals surface area contributed by atoms with Crippen LogP contribution in [0, 0.1) is 10.1 Å². The molecular weight excluding hydrogens is 342 g/mol. The van der Waals surface area contributed by atoms with Crippen molar-refractivity contribution in [1.29, 1.82) is 0 Å². The fourth-order valence-corrected chi connectivity index (χ4v) is 2.15. The standard InChI is InChI=1S/C17H25N3O6/c1-17(2,3)26-16(22)19-13(15(21)25-4)9-7-11-18-12-8-5-6-10-14(12)20(23)24/h5-6,8,10,13,18H,7,9,11H2,1-4H3,(H,19,22)/t13-/m0/s1. The molecule has 1 aromatic rings. The number of rotatable bonds is 8. The zero-order valence-corrected chi connectivity index (χ0v) is 15.4. The first-order valence-electron chi connectivity index (χ1n) is 8.18. The van der Waals surface area contributed by atoms with Gasteiger partial charge < -0.3 is 20.1 Å². The van der Waals surface area contributed by atoms with Gasteiger partial charge in [0, 0.05) is 12.6 Å². The van der Waals surface area contributed by atoms with Gasteiger partial charge in [-0.15, -0.1) is 0 Å². The molecule has 9 nitrogen and oxygen atoms in total. The molecular formula is C17H25N3O6. The van der Waals surface area contributed by atoms with E-state index in [-0.39, 0.29) is 5.69 Å². The van der Waals surface area contributed by atoms with Crippen LogP contribution < -0.4 is 10.6 Å². The minimum absolute atomic E-state index is 0.0242. The number of alkyl carbamates (subject to hydrolysis) is 1. The lowest BCUT2D eigenvalue weighted by atomic mass is 10.1. The van der Waals surface area contributed by atoms with Crippen LogP contribution in [-0.4, -0.2) is 42.3 Å². The van der Waals surface area contributed by atoms with Gasteiger partial charge in [-0.2, -0.15) is 0 Å². The maximum absolute atomic E-state index is 11.8. The number of nitrogens with one attached hydrogen (secondary N) is 2. The molecule has 0 saturated heterocycles. The second-order valence-corrected chi connectivity index (χ2v) is 6.57. The van der Waals surface area contributed by atoms with Crippen molar-refractivity contribution in [1.82, 2.24) is 5.32 Å². The number of hydrogen-bond donors (Lipinski definition) is 2. The quantitative estimate of drug-likeness (QED) is 0.314. The van der Waals surface area contributed by atoms with Crippen LogP contribution in [-0.2, 0) is 14.3 Å². The Morgan fingerprint density at radius 1 is 1.27 bits per heavy atom. The number of amides is 1. The molecule has 1 aromatic carbocycles. The smallest absolute Gasteiger partial charge is 0.408 e. The van der Waals surface area contributed by atoms with E-state index in [0.29, 0.717) is 25.1 Å². The molecule has 0 saturated carbocycles. The third-order valence-corrected chi connectivity index (χ3v) is 3.26. The number of anilines is 1. The van der Waals surface area contributed by atoms with Gasteiger partial charge in [-0.1, -0.05) is 12.1 Å². The molecule has 0 radical (unpaired) electrons. The lowest BCUT2D eigenvalue weighted by molar-refractivity contribution is -0.384. The van der Waals surface area contributed by atoms with Crippen molar-refractivity contribution in [2.45, 2.75) is 45.3 Å². The van der Waals surface area contributed by atoms with Gasteiger partial charge in [0.15, 0.2) is 0 Å². The van der Waals surface area contributed by atoms with E-state index in [2.05, 4.69) is 10.6 Å². The fourth-order valence-electron chi connectivity index (χ4n) is 2.15. The Labute approximate surface area is 152 Å². The Kier molecular flexibility index (Phi) is 7.82. The molecule has 26 heavy (non-hydrogen) atoms. The highest BCUT2D eigenvalue weighted by molar-refractivity contribution is 5.81. The summed E-state index contributed by atoms with van der Waals surface area (Å²) in [6.07, 6.45) is 0.0563. The number of benzene rings is 1. The van der Waals surface area contributed by atoms with Crippen molar-refractivity contribution in [2.24, 2.45) is 0 Å². The molecule has 0 aliphatic heterocycles. The van der Waals surface area contributed by atoms with Gasteiger partial charge in [-0.25, -0.2) is 9.59 Å². The summed E-state index contributed by atoms with van der Waals surface area (Å²) in [5, 5.41) is 16.4. The first kappa shape index (κ1) is 21.2. The normalized spacial score (nSPS) is 12.0. The lowest BCUT2D eigenvalue weighted by Gasteiger charge is -2.22. The molecule has 144 valence electrons. The molecule has 1 atom stereocenters. The van der Waals surface area contributed by atoms with Crippen molar-refractivity contribution in [2.75, 3.05) is 19.0 Å². The highest BCUT2D eigenvalue weighted by atomic mass is 16.6. The van der Waals surface area contributed by atoms with Crippen molar-refractivity contribution in [3.63, 3.8) is 0 Å². The van der Waals surface area contributed by atoms with E-state index in [1.165, 1.54) is 13.2 Å². The molecule has 0 aliphatic rings. The number of nitrogens with zero attached hydrogens (tertiary/aromatic N) is 1. The maximum Gasteiger partial charge on any atom is 0.408 e. The Bertz CT molecular complexity index is 642. The number of nitro benzene ring substituents is 1. The van der Waals surface area contributed by atoms with Crippen LogP contribution in [0.2, 0.25) is 0 Å². The fraction of sp³-hybridized carbons (Fsp3) is 0.529. The largest absolute Gasteiger partial charge is 0.467 e. The van der Waals surface area contributed by atoms with Crippen LogP contribution in [0.4, 0.5) is 16.2 Å². The molecule has 0 unspecified atom stereocenters. The minimum Gasteiger partial charge on any atom is -0.467 e. The maximum atomic E-state index is 11.8. The van der Waals surface area contributed by atoms with E-state index >= 15 is 0 Å². The van der Waals surface area contributed by atoms with Crippen molar-refractivity contribution >= 4 is 23.4 Å². The summed E-state index contributed by atoms with van der Waals surface area (Å²) in [4.78, 5) is 34.2. The zero-order valence-electron chi connectivity index (χ0n) is 15.4.